The Bertz CT molecular complexity index is 1120. The van der Waals surface area contributed by atoms with Gasteiger partial charge in [-0.1, -0.05) is 18.2 Å². The molecule has 0 radical (unpaired) electrons. The van der Waals surface area contributed by atoms with E-state index in [2.05, 4.69) is 26.9 Å². The maximum absolute atomic E-state index is 13.3. The highest BCUT2D eigenvalue weighted by molar-refractivity contribution is 7.99. The lowest BCUT2D eigenvalue weighted by molar-refractivity contribution is 0.147. The molecule has 1 saturated heterocycles. The summed E-state index contributed by atoms with van der Waals surface area (Å²) in [4.78, 5) is 9.32. The summed E-state index contributed by atoms with van der Waals surface area (Å²) in [6.07, 6.45) is 1.76. The molecule has 0 aliphatic carbocycles. The van der Waals surface area contributed by atoms with Crippen LogP contribution in [0.2, 0.25) is 0 Å². The van der Waals surface area contributed by atoms with Crippen molar-refractivity contribution in [3.05, 3.63) is 42.1 Å². The molecule has 29 heavy (non-hydrogen) atoms. The van der Waals surface area contributed by atoms with Crippen molar-refractivity contribution in [1.29, 1.82) is 0 Å². The van der Waals surface area contributed by atoms with E-state index in [1.165, 1.54) is 16.3 Å². The van der Waals surface area contributed by atoms with Gasteiger partial charge in [-0.2, -0.15) is 9.61 Å². The van der Waals surface area contributed by atoms with Crippen molar-refractivity contribution in [2.45, 2.75) is 21.4 Å². The summed E-state index contributed by atoms with van der Waals surface area (Å²) in [5.74, 6) is -0.121. The molecule has 1 aliphatic rings. The van der Waals surface area contributed by atoms with E-state index in [0.717, 1.165) is 26.2 Å². The van der Waals surface area contributed by atoms with E-state index >= 15 is 0 Å². The van der Waals surface area contributed by atoms with E-state index in [1.54, 1.807) is 42.7 Å². The van der Waals surface area contributed by atoms with Crippen LogP contribution in [-0.4, -0.2) is 77.4 Å². The number of thioether (sulfide) groups is 1. The number of aromatic hydroxyl groups is 1. The largest absolute Gasteiger partial charge is 0.493 e. The number of likely N-dealkylation sites (N-methyl/N-ethyl adjacent to an activating group) is 1. The van der Waals surface area contributed by atoms with Gasteiger partial charge in [0.2, 0.25) is 15.7 Å². The van der Waals surface area contributed by atoms with Crippen molar-refractivity contribution in [1.82, 2.24) is 24.4 Å². The van der Waals surface area contributed by atoms with Gasteiger partial charge < -0.3 is 10.0 Å². The van der Waals surface area contributed by atoms with Gasteiger partial charge in [-0.3, -0.25) is 4.90 Å². The Balaban J connectivity index is 1.81. The predicted octanol–water partition coefficient (Wildman–Crippen LogP) is 1.74. The van der Waals surface area contributed by atoms with E-state index in [9.17, 15) is 13.5 Å². The van der Waals surface area contributed by atoms with Crippen LogP contribution in [0.5, 0.6) is 5.88 Å². The highest BCUT2D eigenvalue weighted by Crippen LogP contribution is 2.33. The number of fused-ring (bicyclic) bond motifs is 1. The number of hydrogen-bond donors (Lipinski definition) is 1. The van der Waals surface area contributed by atoms with Crippen LogP contribution in [0.3, 0.4) is 0 Å². The number of sulfone groups is 1. The highest BCUT2D eigenvalue weighted by atomic mass is 32.2. The predicted molar refractivity (Wildman–Crippen MR) is 111 cm³/mol. The number of rotatable bonds is 5. The first kappa shape index (κ1) is 20.1. The smallest absolute Gasteiger partial charge is 0.215 e. The van der Waals surface area contributed by atoms with Crippen molar-refractivity contribution in [2.24, 2.45) is 0 Å². The molecule has 0 spiro atoms. The Morgan fingerprint density at radius 3 is 2.48 bits per heavy atom. The Kier molecular flexibility index (Phi) is 5.52. The third kappa shape index (κ3) is 3.85. The second kappa shape index (κ2) is 7.94. The summed E-state index contributed by atoms with van der Waals surface area (Å²) in [6.45, 7) is 4.27. The van der Waals surface area contributed by atoms with Gasteiger partial charge >= 0.3 is 0 Å². The average Bonchev–Trinajstić information content (AvgIpc) is 3.10. The lowest BCUT2D eigenvalue weighted by Crippen LogP contribution is -2.44. The van der Waals surface area contributed by atoms with Crippen LogP contribution in [-0.2, 0) is 16.4 Å². The Morgan fingerprint density at radius 2 is 1.83 bits per heavy atom. The van der Waals surface area contributed by atoms with E-state index in [4.69, 9.17) is 0 Å². The first-order valence-corrected chi connectivity index (χ1v) is 12.0. The van der Waals surface area contributed by atoms with Gasteiger partial charge in [0.25, 0.3) is 0 Å². The zero-order valence-electron chi connectivity index (χ0n) is 16.3. The summed E-state index contributed by atoms with van der Waals surface area (Å²) in [5.41, 5.74) is 0.777. The van der Waals surface area contributed by atoms with Gasteiger partial charge in [-0.05, 0) is 25.4 Å². The topological polar surface area (TPSA) is 91.0 Å². The van der Waals surface area contributed by atoms with Gasteiger partial charge in [-0.15, -0.1) is 11.8 Å². The van der Waals surface area contributed by atoms with E-state index in [1.807, 2.05) is 0 Å². The zero-order chi connectivity index (χ0) is 20.6. The van der Waals surface area contributed by atoms with Gasteiger partial charge in [0.1, 0.15) is 5.03 Å². The SMILES string of the molecule is CSc1nn2c(O)cc(CN3CCN(C)CC3)nc2c1S(=O)(=O)c1ccccc1. The molecule has 1 aliphatic heterocycles. The van der Waals surface area contributed by atoms with E-state index in [-0.39, 0.29) is 21.3 Å². The molecule has 154 valence electrons. The molecule has 3 heterocycles. The molecule has 4 rings (SSSR count). The van der Waals surface area contributed by atoms with E-state index in [0.29, 0.717) is 17.3 Å². The lowest BCUT2D eigenvalue weighted by Gasteiger charge is -2.32. The minimum Gasteiger partial charge on any atom is -0.493 e. The number of nitrogens with zero attached hydrogens (tertiary/aromatic N) is 5. The van der Waals surface area contributed by atoms with Crippen LogP contribution < -0.4 is 0 Å². The molecule has 0 atom stereocenters. The van der Waals surface area contributed by atoms with Crippen LogP contribution in [0.1, 0.15) is 5.69 Å². The first-order chi connectivity index (χ1) is 13.9. The van der Waals surface area contributed by atoms with Crippen LogP contribution in [0.15, 0.2) is 51.2 Å². The second-order valence-corrected chi connectivity index (χ2v) is 9.76. The van der Waals surface area contributed by atoms with Gasteiger partial charge in [0.05, 0.1) is 10.6 Å². The molecule has 1 fully saturated rings. The fraction of sp³-hybridized carbons (Fsp3) is 0.368. The van der Waals surface area contributed by atoms with Gasteiger partial charge in [0.15, 0.2) is 10.5 Å². The monoisotopic (exact) mass is 433 g/mol. The minimum absolute atomic E-state index is 0.0340. The quantitative estimate of drug-likeness (QED) is 0.609. The standard InChI is InChI=1S/C19H23N5O3S2/c1-22-8-10-23(11-9-22)13-14-12-16(25)24-18(20-14)17(19(21-24)28-2)29(26,27)15-6-4-3-5-7-15/h3-7,12,25H,8-11,13H2,1-2H3. The molecule has 0 unspecified atom stereocenters. The van der Waals surface area contributed by atoms with Crippen LogP contribution in [0.25, 0.3) is 5.65 Å². The second-order valence-electron chi connectivity index (χ2n) is 7.08. The van der Waals surface area contributed by atoms with E-state index < -0.39 is 9.84 Å². The molecule has 0 saturated carbocycles. The molecule has 8 nitrogen and oxygen atoms in total. The molecular formula is C19H23N5O3S2. The summed E-state index contributed by atoms with van der Waals surface area (Å²) in [6, 6.07) is 9.79. The maximum atomic E-state index is 13.3. The molecule has 2 aromatic heterocycles. The zero-order valence-corrected chi connectivity index (χ0v) is 17.9. The van der Waals surface area contributed by atoms with Gasteiger partial charge in [0, 0.05) is 38.8 Å². The molecule has 0 bridgehead atoms. The molecule has 0 amide bonds. The molecule has 1 aromatic carbocycles. The third-order valence-corrected chi connectivity index (χ3v) is 7.66. The number of benzene rings is 1. The Morgan fingerprint density at radius 1 is 1.14 bits per heavy atom. The summed E-state index contributed by atoms with van der Waals surface area (Å²) in [5, 5.41) is 15.1. The number of hydrogen-bond acceptors (Lipinski definition) is 8. The van der Waals surface area contributed by atoms with Crippen molar-refractivity contribution < 1.29 is 13.5 Å². The van der Waals surface area contributed by atoms with Crippen LogP contribution in [0.4, 0.5) is 0 Å². The van der Waals surface area contributed by atoms with Crippen LogP contribution >= 0.6 is 11.8 Å². The molecule has 1 N–H and O–H groups in total. The van der Waals surface area contributed by atoms with Crippen molar-refractivity contribution >= 4 is 27.2 Å². The highest BCUT2D eigenvalue weighted by Gasteiger charge is 2.29. The van der Waals surface area contributed by atoms with Crippen molar-refractivity contribution in [2.75, 3.05) is 39.5 Å². The first-order valence-electron chi connectivity index (χ1n) is 9.27. The molecule has 3 aromatic rings. The average molecular weight is 434 g/mol. The number of aromatic nitrogens is 3. The Hall–Kier alpha value is -2.14. The maximum Gasteiger partial charge on any atom is 0.215 e. The van der Waals surface area contributed by atoms with Gasteiger partial charge in [-0.25, -0.2) is 13.4 Å². The van der Waals surface area contributed by atoms with Crippen LogP contribution in [0, 0.1) is 0 Å². The van der Waals surface area contributed by atoms with Crippen molar-refractivity contribution in [3.63, 3.8) is 0 Å². The minimum atomic E-state index is -3.84. The Labute approximate surface area is 174 Å². The fourth-order valence-corrected chi connectivity index (χ4v) is 5.83. The normalized spacial score (nSPS) is 16.5. The molecule has 10 heteroatoms. The summed E-state index contributed by atoms with van der Waals surface area (Å²) < 4.78 is 27.9. The third-order valence-electron chi connectivity index (χ3n) is 5.05. The lowest BCUT2D eigenvalue weighted by atomic mass is 10.3. The number of piperazine rings is 1. The summed E-state index contributed by atoms with van der Waals surface area (Å²) in [7, 11) is -1.75. The molecular weight excluding hydrogens is 410 g/mol. The van der Waals surface area contributed by atoms with Crippen molar-refractivity contribution in [3.8, 4) is 5.88 Å². The fourth-order valence-electron chi connectivity index (χ4n) is 3.41. The summed E-state index contributed by atoms with van der Waals surface area (Å²) >= 11 is 1.22.